The van der Waals surface area contributed by atoms with Crippen LogP contribution in [0, 0.1) is 5.92 Å². The lowest BCUT2D eigenvalue weighted by atomic mass is 10.1. The lowest BCUT2D eigenvalue weighted by Gasteiger charge is -2.19. The molecule has 1 aliphatic rings. The summed E-state index contributed by atoms with van der Waals surface area (Å²) >= 11 is 0. The third-order valence-corrected chi connectivity index (χ3v) is 2.54. The van der Waals surface area contributed by atoms with E-state index in [9.17, 15) is 4.79 Å². The number of carbonyl (C=O) groups excluding carboxylic acids is 1. The van der Waals surface area contributed by atoms with E-state index in [0.717, 1.165) is 32.6 Å². The molecule has 0 radical (unpaired) electrons. The molecule has 16 heavy (non-hydrogen) atoms. The maximum atomic E-state index is 11.4. The fourth-order valence-corrected chi connectivity index (χ4v) is 1.56. The van der Waals surface area contributed by atoms with Gasteiger partial charge in [-0.2, -0.15) is 0 Å². The third-order valence-electron chi connectivity index (χ3n) is 2.54. The predicted molar refractivity (Wildman–Crippen MR) is 62.3 cm³/mol. The number of hydrogen-bond donors (Lipinski definition) is 1. The van der Waals surface area contributed by atoms with Gasteiger partial charge in [0.2, 0.25) is 5.91 Å². The van der Waals surface area contributed by atoms with E-state index in [4.69, 9.17) is 9.47 Å². The van der Waals surface area contributed by atoms with E-state index in [1.165, 1.54) is 0 Å². The molecule has 1 heterocycles. The minimum Gasteiger partial charge on any atom is -0.381 e. The predicted octanol–water partition coefficient (Wildman–Crippen LogP) is 1.34. The van der Waals surface area contributed by atoms with Crippen molar-refractivity contribution in [3.63, 3.8) is 0 Å². The number of hydrogen-bond acceptors (Lipinski definition) is 3. The van der Waals surface area contributed by atoms with Crippen LogP contribution in [0.1, 0.15) is 33.6 Å². The van der Waals surface area contributed by atoms with Gasteiger partial charge >= 0.3 is 0 Å². The van der Waals surface area contributed by atoms with Crippen molar-refractivity contribution in [1.29, 1.82) is 0 Å². The number of rotatable bonds is 5. The van der Waals surface area contributed by atoms with E-state index in [-0.39, 0.29) is 18.1 Å². The fraction of sp³-hybridized carbons (Fsp3) is 0.917. The standard InChI is InChI=1S/C12H23NO3/c1-12(2,3)16-9-11(14)13-6-4-10-5-7-15-8-10/h10H,4-9H2,1-3H3,(H,13,14). The SMILES string of the molecule is CC(C)(C)OCC(=O)NCCC1CCOC1. The van der Waals surface area contributed by atoms with E-state index >= 15 is 0 Å². The zero-order chi connectivity index (χ0) is 12.0. The van der Waals surface area contributed by atoms with Gasteiger partial charge in [0.1, 0.15) is 6.61 Å². The molecule has 0 aromatic carbocycles. The molecule has 1 saturated heterocycles. The van der Waals surface area contributed by atoms with Gasteiger partial charge < -0.3 is 14.8 Å². The van der Waals surface area contributed by atoms with Crippen LogP contribution in [0.4, 0.5) is 0 Å². The average molecular weight is 229 g/mol. The Morgan fingerprint density at radius 2 is 2.25 bits per heavy atom. The van der Waals surface area contributed by atoms with Crippen LogP contribution in [0.25, 0.3) is 0 Å². The first-order valence-electron chi connectivity index (χ1n) is 5.96. The van der Waals surface area contributed by atoms with Gasteiger partial charge in [-0.1, -0.05) is 0 Å². The number of nitrogens with one attached hydrogen (secondary N) is 1. The van der Waals surface area contributed by atoms with Crippen molar-refractivity contribution >= 4 is 5.91 Å². The highest BCUT2D eigenvalue weighted by molar-refractivity contribution is 5.77. The van der Waals surface area contributed by atoms with Gasteiger partial charge in [-0.25, -0.2) is 0 Å². The molecule has 0 aliphatic carbocycles. The second kappa shape index (κ2) is 6.21. The Morgan fingerprint density at radius 1 is 1.50 bits per heavy atom. The summed E-state index contributed by atoms with van der Waals surface area (Å²) in [6.07, 6.45) is 2.12. The second-order valence-electron chi connectivity index (χ2n) is 5.27. The molecule has 94 valence electrons. The Morgan fingerprint density at radius 3 is 2.81 bits per heavy atom. The third kappa shape index (κ3) is 6.08. The van der Waals surface area contributed by atoms with Crippen molar-refractivity contribution in [3.05, 3.63) is 0 Å². The van der Waals surface area contributed by atoms with E-state index in [2.05, 4.69) is 5.32 Å². The number of ether oxygens (including phenoxy) is 2. The minimum absolute atomic E-state index is 0.0335. The summed E-state index contributed by atoms with van der Waals surface area (Å²) in [6, 6.07) is 0. The molecule has 0 bridgehead atoms. The first-order valence-corrected chi connectivity index (χ1v) is 5.96. The van der Waals surface area contributed by atoms with Crippen LogP contribution >= 0.6 is 0 Å². The summed E-state index contributed by atoms with van der Waals surface area (Å²) in [5.74, 6) is 0.581. The smallest absolute Gasteiger partial charge is 0.246 e. The molecule has 1 fully saturated rings. The molecule has 1 unspecified atom stereocenters. The largest absolute Gasteiger partial charge is 0.381 e. The quantitative estimate of drug-likeness (QED) is 0.774. The molecule has 1 amide bonds. The number of amides is 1. The van der Waals surface area contributed by atoms with Crippen LogP contribution in [0.3, 0.4) is 0 Å². The highest BCUT2D eigenvalue weighted by atomic mass is 16.5. The van der Waals surface area contributed by atoms with Crippen LogP contribution in [-0.2, 0) is 14.3 Å². The molecule has 0 aromatic heterocycles. The summed E-state index contributed by atoms with van der Waals surface area (Å²) in [7, 11) is 0. The van der Waals surface area contributed by atoms with Gasteiger partial charge in [-0.15, -0.1) is 0 Å². The van der Waals surface area contributed by atoms with Crippen LogP contribution in [-0.4, -0.2) is 37.9 Å². The normalized spacial score (nSPS) is 21.1. The summed E-state index contributed by atoms with van der Waals surface area (Å²) in [5.41, 5.74) is -0.253. The van der Waals surface area contributed by atoms with Crippen LogP contribution < -0.4 is 5.32 Å². The first kappa shape index (κ1) is 13.5. The molecule has 4 nitrogen and oxygen atoms in total. The molecule has 1 N–H and O–H groups in total. The molecule has 1 atom stereocenters. The lowest BCUT2D eigenvalue weighted by molar-refractivity contribution is -0.130. The van der Waals surface area contributed by atoms with Gasteiger partial charge in [-0.05, 0) is 39.5 Å². The molecule has 4 heteroatoms. The van der Waals surface area contributed by atoms with Gasteiger partial charge in [0.15, 0.2) is 0 Å². The highest BCUT2D eigenvalue weighted by Gasteiger charge is 2.16. The Hall–Kier alpha value is -0.610. The zero-order valence-electron chi connectivity index (χ0n) is 10.5. The fourth-order valence-electron chi connectivity index (χ4n) is 1.56. The van der Waals surface area contributed by atoms with Crippen LogP contribution in [0.2, 0.25) is 0 Å². The Bertz CT molecular complexity index is 217. The van der Waals surface area contributed by atoms with Crippen molar-refractivity contribution < 1.29 is 14.3 Å². The van der Waals surface area contributed by atoms with Crippen LogP contribution in [0.15, 0.2) is 0 Å². The maximum Gasteiger partial charge on any atom is 0.246 e. The van der Waals surface area contributed by atoms with Gasteiger partial charge in [-0.3, -0.25) is 4.79 Å². The lowest BCUT2D eigenvalue weighted by Crippen LogP contribution is -2.33. The van der Waals surface area contributed by atoms with E-state index < -0.39 is 0 Å². The average Bonchev–Trinajstić information content (AvgIpc) is 2.66. The van der Waals surface area contributed by atoms with Crippen molar-refractivity contribution in [2.45, 2.75) is 39.2 Å². The molecule has 0 aromatic rings. The van der Waals surface area contributed by atoms with Gasteiger partial charge in [0.05, 0.1) is 5.60 Å². The highest BCUT2D eigenvalue weighted by Crippen LogP contribution is 2.15. The van der Waals surface area contributed by atoms with Crippen LogP contribution in [0.5, 0.6) is 0 Å². The summed E-state index contributed by atoms with van der Waals surface area (Å²) < 4.78 is 10.6. The molecular weight excluding hydrogens is 206 g/mol. The minimum atomic E-state index is -0.253. The molecular formula is C12H23NO3. The van der Waals surface area contributed by atoms with Crippen molar-refractivity contribution in [1.82, 2.24) is 5.32 Å². The zero-order valence-corrected chi connectivity index (χ0v) is 10.5. The van der Waals surface area contributed by atoms with E-state index in [1.54, 1.807) is 0 Å². The Labute approximate surface area is 97.7 Å². The Balaban J connectivity index is 2.01. The molecule has 1 aliphatic heterocycles. The van der Waals surface area contributed by atoms with E-state index in [0.29, 0.717) is 5.92 Å². The summed E-state index contributed by atoms with van der Waals surface area (Å²) in [5, 5.41) is 2.86. The first-order chi connectivity index (χ1) is 7.47. The van der Waals surface area contributed by atoms with Crippen molar-refractivity contribution in [2.24, 2.45) is 5.92 Å². The maximum absolute atomic E-state index is 11.4. The van der Waals surface area contributed by atoms with Crippen molar-refractivity contribution in [2.75, 3.05) is 26.4 Å². The molecule has 0 saturated carbocycles. The molecule has 0 spiro atoms. The summed E-state index contributed by atoms with van der Waals surface area (Å²) in [6.45, 7) is 8.40. The van der Waals surface area contributed by atoms with Gasteiger partial charge in [0, 0.05) is 19.8 Å². The summed E-state index contributed by atoms with van der Waals surface area (Å²) in [4.78, 5) is 11.4. The van der Waals surface area contributed by atoms with E-state index in [1.807, 2.05) is 20.8 Å². The van der Waals surface area contributed by atoms with Crippen molar-refractivity contribution in [3.8, 4) is 0 Å². The Kier molecular flexibility index (Phi) is 5.22. The number of carbonyl (C=O) groups is 1. The second-order valence-corrected chi connectivity index (χ2v) is 5.27. The molecule has 1 rings (SSSR count). The van der Waals surface area contributed by atoms with Gasteiger partial charge in [0.25, 0.3) is 0 Å². The monoisotopic (exact) mass is 229 g/mol. The topological polar surface area (TPSA) is 47.6 Å².